The standard InChI is InChI=1S/C15H21FO3/c1-10-9-13(11(2)8-12(10)16)19-7-5-6-15(3,4)14(17)18/h8-9H,5-7H2,1-4H3,(H,17,18). The Balaban J connectivity index is 2.51. The average molecular weight is 268 g/mol. The highest BCUT2D eigenvalue weighted by atomic mass is 19.1. The van der Waals surface area contributed by atoms with E-state index in [-0.39, 0.29) is 5.82 Å². The van der Waals surface area contributed by atoms with Gasteiger partial charge in [0.25, 0.3) is 0 Å². The van der Waals surface area contributed by atoms with E-state index in [1.807, 2.05) is 0 Å². The smallest absolute Gasteiger partial charge is 0.309 e. The third kappa shape index (κ3) is 4.23. The summed E-state index contributed by atoms with van der Waals surface area (Å²) in [6.45, 7) is 7.31. The summed E-state index contributed by atoms with van der Waals surface area (Å²) in [5.41, 5.74) is 0.559. The SMILES string of the molecule is Cc1cc(OCCCC(C)(C)C(=O)O)c(C)cc1F. The molecule has 0 spiro atoms. The third-order valence-corrected chi connectivity index (χ3v) is 3.24. The lowest BCUT2D eigenvalue weighted by Crippen LogP contribution is -2.24. The van der Waals surface area contributed by atoms with Gasteiger partial charge in [-0.2, -0.15) is 0 Å². The molecule has 3 nitrogen and oxygen atoms in total. The van der Waals surface area contributed by atoms with E-state index in [1.165, 1.54) is 6.07 Å². The summed E-state index contributed by atoms with van der Waals surface area (Å²) in [7, 11) is 0. The number of benzene rings is 1. The third-order valence-electron chi connectivity index (χ3n) is 3.24. The molecule has 1 aromatic carbocycles. The van der Waals surface area contributed by atoms with Crippen LogP contribution < -0.4 is 4.74 Å². The molecule has 19 heavy (non-hydrogen) atoms. The van der Waals surface area contributed by atoms with Crippen molar-refractivity contribution in [2.45, 2.75) is 40.5 Å². The van der Waals surface area contributed by atoms with Gasteiger partial charge in [0, 0.05) is 0 Å². The predicted octanol–water partition coefficient (Wildman–Crippen LogP) is 3.71. The molecule has 0 amide bonds. The Morgan fingerprint density at radius 1 is 1.32 bits per heavy atom. The molecule has 0 aromatic heterocycles. The number of aryl methyl sites for hydroxylation is 2. The number of carboxylic acid groups (broad SMARTS) is 1. The second kappa shape index (κ2) is 6.04. The Morgan fingerprint density at radius 2 is 1.95 bits per heavy atom. The normalized spacial score (nSPS) is 11.4. The molecule has 0 atom stereocenters. The molecule has 0 aliphatic heterocycles. The first-order valence-electron chi connectivity index (χ1n) is 6.37. The lowest BCUT2D eigenvalue weighted by atomic mass is 9.88. The minimum atomic E-state index is -0.804. The summed E-state index contributed by atoms with van der Waals surface area (Å²) in [6, 6.07) is 3.12. The van der Waals surface area contributed by atoms with E-state index in [1.54, 1.807) is 33.8 Å². The maximum absolute atomic E-state index is 13.3. The van der Waals surface area contributed by atoms with Crippen LogP contribution >= 0.6 is 0 Å². The van der Waals surface area contributed by atoms with Crippen LogP contribution in [0.1, 0.15) is 37.8 Å². The Morgan fingerprint density at radius 3 is 2.53 bits per heavy atom. The Kier molecular flexibility index (Phi) is 4.92. The molecule has 0 unspecified atom stereocenters. The number of carboxylic acids is 1. The highest BCUT2D eigenvalue weighted by Gasteiger charge is 2.26. The van der Waals surface area contributed by atoms with Crippen molar-refractivity contribution >= 4 is 5.97 Å². The van der Waals surface area contributed by atoms with Crippen LogP contribution in [-0.2, 0) is 4.79 Å². The molecule has 0 heterocycles. The molecule has 1 rings (SSSR count). The molecule has 0 radical (unpaired) electrons. The van der Waals surface area contributed by atoms with E-state index in [2.05, 4.69) is 0 Å². The van der Waals surface area contributed by atoms with E-state index in [9.17, 15) is 9.18 Å². The van der Waals surface area contributed by atoms with Crippen LogP contribution in [0.2, 0.25) is 0 Å². The van der Waals surface area contributed by atoms with E-state index >= 15 is 0 Å². The molecule has 4 heteroatoms. The first-order valence-corrected chi connectivity index (χ1v) is 6.37. The molecule has 0 saturated heterocycles. The maximum atomic E-state index is 13.3. The van der Waals surface area contributed by atoms with Gasteiger partial charge in [-0.05, 0) is 63.8 Å². The number of halogens is 1. The van der Waals surface area contributed by atoms with Gasteiger partial charge in [0.2, 0.25) is 0 Å². The van der Waals surface area contributed by atoms with E-state index in [4.69, 9.17) is 9.84 Å². The molecule has 0 fully saturated rings. The lowest BCUT2D eigenvalue weighted by Gasteiger charge is -2.19. The fourth-order valence-electron chi connectivity index (χ4n) is 1.71. The number of ether oxygens (including phenoxy) is 1. The van der Waals surface area contributed by atoms with Gasteiger partial charge in [-0.15, -0.1) is 0 Å². The molecule has 0 bridgehead atoms. The summed E-state index contributed by atoms with van der Waals surface area (Å²) < 4.78 is 18.9. The predicted molar refractivity (Wildman–Crippen MR) is 72.0 cm³/mol. The van der Waals surface area contributed by atoms with Gasteiger partial charge in [0.05, 0.1) is 12.0 Å². The molecular weight excluding hydrogens is 247 g/mol. The zero-order valence-electron chi connectivity index (χ0n) is 11.9. The largest absolute Gasteiger partial charge is 0.493 e. The van der Waals surface area contributed by atoms with Crippen LogP contribution in [0.25, 0.3) is 0 Å². The zero-order valence-corrected chi connectivity index (χ0v) is 11.9. The molecule has 0 aliphatic carbocycles. The first kappa shape index (κ1) is 15.5. The van der Waals surface area contributed by atoms with Crippen molar-refractivity contribution in [2.75, 3.05) is 6.61 Å². The van der Waals surface area contributed by atoms with Crippen molar-refractivity contribution in [1.82, 2.24) is 0 Å². The van der Waals surface area contributed by atoms with E-state index in [0.717, 1.165) is 5.56 Å². The number of aliphatic carboxylic acids is 1. The Labute approximate surface area is 113 Å². The highest BCUT2D eigenvalue weighted by molar-refractivity contribution is 5.73. The second-order valence-corrected chi connectivity index (χ2v) is 5.51. The van der Waals surface area contributed by atoms with Crippen molar-refractivity contribution in [1.29, 1.82) is 0 Å². The second-order valence-electron chi connectivity index (χ2n) is 5.51. The van der Waals surface area contributed by atoms with Crippen molar-refractivity contribution in [3.63, 3.8) is 0 Å². The molecule has 1 N–H and O–H groups in total. The first-order chi connectivity index (χ1) is 8.74. The number of carbonyl (C=O) groups is 1. The van der Waals surface area contributed by atoms with Crippen LogP contribution in [0, 0.1) is 25.1 Å². The van der Waals surface area contributed by atoms with E-state index in [0.29, 0.717) is 30.8 Å². The summed E-state index contributed by atoms with van der Waals surface area (Å²) in [5, 5.41) is 8.99. The minimum absolute atomic E-state index is 0.239. The number of hydrogen-bond acceptors (Lipinski definition) is 2. The highest BCUT2D eigenvalue weighted by Crippen LogP contribution is 2.24. The van der Waals surface area contributed by atoms with Crippen molar-refractivity contribution in [2.24, 2.45) is 5.41 Å². The average Bonchev–Trinajstić information content (AvgIpc) is 2.30. The van der Waals surface area contributed by atoms with Gasteiger partial charge in [-0.25, -0.2) is 4.39 Å². The minimum Gasteiger partial charge on any atom is -0.493 e. The zero-order chi connectivity index (χ0) is 14.6. The fourth-order valence-corrected chi connectivity index (χ4v) is 1.71. The summed E-state index contributed by atoms with van der Waals surface area (Å²) in [6.07, 6.45) is 1.19. The lowest BCUT2D eigenvalue weighted by molar-refractivity contribution is -0.147. The molecule has 106 valence electrons. The maximum Gasteiger partial charge on any atom is 0.309 e. The van der Waals surface area contributed by atoms with Gasteiger partial charge in [-0.1, -0.05) is 0 Å². The monoisotopic (exact) mass is 268 g/mol. The fraction of sp³-hybridized carbons (Fsp3) is 0.533. The summed E-state index contributed by atoms with van der Waals surface area (Å²) in [4.78, 5) is 10.9. The molecule has 0 aliphatic rings. The summed E-state index contributed by atoms with van der Waals surface area (Å²) >= 11 is 0. The molecule has 1 aromatic rings. The molecular formula is C15H21FO3. The quantitative estimate of drug-likeness (QED) is 0.800. The van der Waals surface area contributed by atoms with Gasteiger partial charge >= 0.3 is 5.97 Å². The number of rotatable bonds is 6. The van der Waals surface area contributed by atoms with Crippen LogP contribution in [-0.4, -0.2) is 17.7 Å². The van der Waals surface area contributed by atoms with Crippen LogP contribution in [0.4, 0.5) is 4.39 Å². The Bertz CT molecular complexity index is 467. The van der Waals surface area contributed by atoms with Gasteiger partial charge in [0.1, 0.15) is 11.6 Å². The Hall–Kier alpha value is -1.58. The summed E-state index contributed by atoms with van der Waals surface area (Å²) in [5.74, 6) is -0.384. The topological polar surface area (TPSA) is 46.5 Å². The van der Waals surface area contributed by atoms with Crippen molar-refractivity contribution < 1.29 is 19.0 Å². The van der Waals surface area contributed by atoms with Gasteiger partial charge < -0.3 is 9.84 Å². The van der Waals surface area contributed by atoms with Crippen LogP contribution in [0.3, 0.4) is 0 Å². The van der Waals surface area contributed by atoms with Crippen molar-refractivity contribution in [3.05, 3.63) is 29.1 Å². The molecule has 0 saturated carbocycles. The van der Waals surface area contributed by atoms with Crippen LogP contribution in [0.5, 0.6) is 5.75 Å². The van der Waals surface area contributed by atoms with Gasteiger partial charge in [-0.3, -0.25) is 4.79 Å². The number of hydrogen-bond donors (Lipinski definition) is 1. The van der Waals surface area contributed by atoms with E-state index < -0.39 is 11.4 Å². The van der Waals surface area contributed by atoms with Crippen LogP contribution in [0.15, 0.2) is 12.1 Å². The van der Waals surface area contributed by atoms with Crippen molar-refractivity contribution in [3.8, 4) is 5.75 Å². The van der Waals surface area contributed by atoms with Gasteiger partial charge in [0.15, 0.2) is 0 Å².